The van der Waals surface area contributed by atoms with Gasteiger partial charge in [-0.3, -0.25) is 9.89 Å². The number of hydrogen-bond donors (Lipinski definition) is 2. The number of nitrogens with zero attached hydrogens (tertiary/aromatic N) is 4. The number of aromatic amines is 1. The van der Waals surface area contributed by atoms with Crippen molar-refractivity contribution in [1.82, 2.24) is 20.1 Å². The molecule has 9 heteroatoms. The Labute approximate surface area is 195 Å². The van der Waals surface area contributed by atoms with Crippen LogP contribution in [0.25, 0.3) is 11.0 Å². The Morgan fingerprint density at radius 3 is 2.59 bits per heavy atom. The predicted octanol–water partition coefficient (Wildman–Crippen LogP) is 4.47. The molecule has 9 nitrogen and oxygen atoms in total. The Bertz CT molecular complexity index is 1330. The zero-order valence-electron chi connectivity index (χ0n) is 18.3. The summed E-state index contributed by atoms with van der Waals surface area (Å²) < 4.78 is 12.0. The number of carbonyl (C=O) groups excluding carboxylic acids is 1. The number of carbonyl (C=O) groups is 1. The van der Waals surface area contributed by atoms with E-state index >= 15 is 0 Å². The Morgan fingerprint density at radius 2 is 1.82 bits per heavy atom. The average molecular weight is 454 g/mol. The zero-order valence-corrected chi connectivity index (χ0v) is 18.3. The number of likely N-dealkylation sites (tertiary alicyclic amines) is 1. The van der Waals surface area contributed by atoms with E-state index in [9.17, 15) is 4.79 Å². The summed E-state index contributed by atoms with van der Waals surface area (Å²) in [4.78, 5) is 18.1. The molecule has 3 heterocycles. The van der Waals surface area contributed by atoms with Gasteiger partial charge in [-0.15, -0.1) is 0 Å². The number of rotatable bonds is 7. The number of para-hydroxylation sites is 1. The number of fused-ring (bicyclic) bond motifs is 1. The number of nitriles is 1. The minimum Gasteiger partial charge on any atom is -0.457 e. The first-order valence-electron chi connectivity index (χ1n) is 10.9. The van der Waals surface area contributed by atoms with Gasteiger partial charge in [-0.05, 0) is 42.8 Å². The predicted molar refractivity (Wildman–Crippen MR) is 126 cm³/mol. The molecule has 1 aliphatic rings. The standard InChI is InChI=1S/C25H22N6O3/c26-13-10-22(32)31-15-12-17(16-31)28-25-23-21(11-14-27-24(23)29-30-25)34-20-8-6-19(7-9-20)33-18-4-2-1-3-5-18/h1-9,11,14,17H,10,12,15-16H2,(H2,27,28,29,30). The van der Waals surface area contributed by atoms with Gasteiger partial charge in [0.15, 0.2) is 11.5 Å². The zero-order chi connectivity index (χ0) is 23.3. The Balaban J connectivity index is 1.30. The monoisotopic (exact) mass is 454 g/mol. The molecule has 0 aliphatic carbocycles. The Morgan fingerprint density at radius 1 is 1.09 bits per heavy atom. The number of anilines is 1. The van der Waals surface area contributed by atoms with Crippen molar-refractivity contribution in [3.05, 3.63) is 66.9 Å². The first-order valence-corrected chi connectivity index (χ1v) is 10.9. The number of benzene rings is 2. The number of nitrogens with one attached hydrogen (secondary N) is 2. The molecule has 0 radical (unpaired) electrons. The molecule has 5 rings (SSSR count). The van der Waals surface area contributed by atoms with Crippen LogP contribution in [0.5, 0.6) is 23.0 Å². The highest BCUT2D eigenvalue weighted by Gasteiger charge is 2.27. The molecule has 4 aromatic rings. The van der Waals surface area contributed by atoms with E-state index in [-0.39, 0.29) is 18.4 Å². The van der Waals surface area contributed by atoms with Gasteiger partial charge in [0.1, 0.15) is 34.8 Å². The maximum atomic E-state index is 12.0. The minimum atomic E-state index is -0.149. The average Bonchev–Trinajstić information content (AvgIpc) is 3.50. The third-order valence-electron chi connectivity index (χ3n) is 5.57. The van der Waals surface area contributed by atoms with Crippen LogP contribution in [0.4, 0.5) is 5.82 Å². The van der Waals surface area contributed by atoms with E-state index in [0.717, 1.165) is 17.6 Å². The quantitative estimate of drug-likeness (QED) is 0.423. The summed E-state index contributed by atoms with van der Waals surface area (Å²) in [5.74, 6) is 3.19. The lowest BCUT2D eigenvalue weighted by atomic mass is 10.2. The van der Waals surface area contributed by atoms with Gasteiger partial charge in [0.05, 0.1) is 6.07 Å². The van der Waals surface area contributed by atoms with Crippen molar-refractivity contribution in [2.24, 2.45) is 0 Å². The molecule has 170 valence electrons. The lowest BCUT2D eigenvalue weighted by molar-refractivity contribution is -0.129. The molecule has 1 fully saturated rings. The summed E-state index contributed by atoms with van der Waals surface area (Å²) in [6.07, 6.45) is 2.32. The number of aromatic nitrogens is 3. The molecular formula is C25H22N6O3. The third kappa shape index (κ3) is 4.61. The van der Waals surface area contributed by atoms with Crippen molar-refractivity contribution in [3.63, 3.8) is 0 Å². The van der Waals surface area contributed by atoms with Crippen LogP contribution in [0.3, 0.4) is 0 Å². The van der Waals surface area contributed by atoms with Gasteiger partial charge < -0.3 is 19.7 Å². The molecule has 34 heavy (non-hydrogen) atoms. The number of pyridine rings is 1. The van der Waals surface area contributed by atoms with Crippen molar-refractivity contribution < 1.29 is 14.3 Å². The molecule has 2 N–H and O–H groups in total. The van der Waals surface area contributed by atoms with E-state index in [4.69, 9.17) is 14.7 Å². The van der Waals surface area contributed by atoms with Crippen LogP contribution in [0, 0.1) is 11.3 Å². The summed E-state index contributed by atoms with van der Waals surface area (Å²) in [5.41, 5.74) is 0.597. The van der Waals surface area contributed by atoms with Crippen LogP contribution in [-0.4, -0.2) is 45.1 Å². The summed E-state index contributed by atoms with van der Waals surface area (Å²) in [7, 11) is 0. The van der Waals surface area contributed by atoms with Crippen molar-refractivity contribution >= 4 is 22.8 Å². The van der Waals surface area contributed by atoms with Gasteiger partial charge in [0.25, 0.3) is 0 Å². The summed E-state index contributed by atoms with van der Waals surface area (Å²) in [5, 5.41) is 20.2. The highest BCUT2D eigenvalue weighted by molar-refractivity contribution is 5.93. The normalized spacial score (nSPS) is 15.1. The van der Waals surface area contributed by atoms with Crippen molar-refractivity contribution in [2.45, 2.75) is 18.9 Å². The number of H-pyrrole nitrogens is 1. The van der Waals surface area contributed by atoms with E-state index in [0.29, 0.717) is 41.8 Å². The van der Waals surface area contributed by atoms with Gasteiger partial charge in [-0.25, -0.2) is 4.98 Å². The van der Waals surface area contributed by atoms with Crippen molar-refractivity contribution in [3.8, 4) is 29.1 Å². The second kappa shape index (κ2) is 9.50. The fourth-order valence-electron chi connectivity index (χ4n) is 3.92. The Kier molecular flexibility index (Phi) is 5.95. The number of hydrogen-bond acceptors (Lipinski definition) is 7. The van der Waals surface area contributed by atoms with Crippen LogP contribution in [0.15, 0.2) is 66.9 Å². The van der Waals surface area contributed by atoms with E-state index in [1.165, 1.54) is 0 Å². The second-order valence-corrected chi connectivity index (χ2v) is 7.90. The third-order valence-corrected chi connectivity index (χ3v) is 5.57. The highest BCUT2D eigenvalue weighted by atomic mass is 16.5. The van der Waals surface area contributed by atoms with Crippen LogP contribution < -0.4 is 14.8 Å². The largest absolute Gasteiger partial charge is 0.457 e. The molecule has 2 aromatic heterocycles. The molecule has 0 spiro atoms. The SMILES string of the molecule is N#CCC(=O)N1CCC(Nc2n[nH]c3nccc(Oc4ccc(Oc5ccccc5)cc4)c23)C1. The van der Waals surface area contributed by atoms with Gasteiger partial charge in [0, 0.05) is 31.4 Å². The maximum absolute atomic E-state index is 12.0. The summed E-state index contributed by atoms with van der Waals surface area (Å²) in [6.45, 7) is 1.13. The number of ether oxygens (including phenoxy) is 2. The molecule has 1 atom stereocenters. The fourth-order valence-corrected chi connectivity index (χ4v) is 3.92. The van der Waals surface area contributed by atoms with Crippen LogP contribution >= 0.6 is 0 Å². The van der Waals surface area contributed by atoms with Gasteiger partial charge in [-0.2, -0.15) is 10.4 Å². The van der Waals surface area contributed by atoms with Crippen molar-refractivity contribution in [1.29, 1.82) is 5.26 Å². The molecule has 2 aromatic carbocycles. The summed E-state index contributed by atoms with van der Waals surface area (Å²) in [6, 6.07) is 20.7. The van der Waals surface area contributed by atoms with Crippen molar-refractivity contribution in [2.75, 3.05) is 18.4 Å². The van der Waals surface area contributed by atoms with Gasteiger partial charge in [0.2, 0.25) is 5.91 Å². The lowest BCUT2D eigenvalue weighted by Gasteiger charge is -2.16. The summed E-state index contributed by atoms with van der Waals surface area (Å²) >= 11 is 0. The van der Waals surface area contributed by atoms with Gasteiger partial charge in [-0.1, -0.05) is 18.2 Å². The first kappa shape index (κ1) is 21.3. The molecular weight excluding hydrogens is 432 g/mol. The molecule has 0 saturated carbocycles. The molecule has 1 amide bonds. The maximum Gasteiger partial charge on any atom is 0.236 e. The van der Waals surface area contributed by atoms with Crippen LogP contribution in [-0.2, 0) is 4.79 Å². The lowest BCUT2D eigenvalue weighted by Crippen LogP contribution is -2.31. The topological polar surface area (TPSA) is 116 Å². The smallest absolute Gasteiger partial charge is 0.236 e. The molecule has 0 bridgehead atoms. The van der Waals surface area contributed by atoms with Gasteiger partial charge >= 0.3 is 0 Å². The minimum absolute atomic E-state index is 0.0246. The fraction of sp³-hybridized carbons (Fsp3) is 0.200. The van der Waals surface area contributed by atoms with E-state index in [1.807, 2.05) is 60.7 Å². The van der Waals surface area contributed by atoms with E-state index in [2.05, 4.69) is 20.5 Å². The molecule has 1 aliphatic heterocycles. The Hall–Kier alpha value is -4.58. The van der Waals surface area contributed by atoms with Crippen LogP contribution in [0.1, 0.15) is 12.8 Å². The first-order chi connectivity index (χ1) is 16.7. The molecule has 1 saturated heterocycles. The second-order valence-electron chi connectivity index (χ2n) is 7.90. The highest BCUT2D eigenvalue weighted by Crippen LogP contribution is 2.34. The van der Waals surface area contributed by atoms with Crippen LogP contribution in [0.2, 0.25) is 0 Å². The number of amides is 1. The van der Waals surface area contributed by atoms with E-state index in [1.54, 1.807) is 17.2 Å². The molecule has 1 unspecified atom stereocenters. The van der Waals surface area contributed by atoms with E-state index < -0.39 is 0 Å².